The van der Waals surface area contributed by atoms with E-state index in [1.807, 2.05) is 12.2 Å². The SMILES string of the molecule is C=COCCC(=C)OCC1C=CC(NC(=O)c2cc3ccccc3c(N=Nc3ncccc3C(N)=O)c2O)=C1. The number of hydrogen-bond acceptors (Lipinski definition) is 8. The zero-order valence-electron chi connectivity index (χ0n) is 21.0. The van der Waals surface area contributed by atoms with E-state index < -0.39 is 11.8 Å². The Morgan fingerprint density at radius 3 is 2.79 bits per heavy atom. The Morgan fingerprint density at radius 2 is 2.00 bits per heavy atom. The van der Waals surface area contributed by atoms with E-state index in [1.165, 1.54) is 18.5 Å². The van der Waals surface area contributed by atoms with E-state index in [1.54, 1.807) is 42.5 Å². The van der Waals surface area contributed by atoms with Gasteiger partial charge in [0.2, 0.25) is 0 Å². The zero-order chi connectivity index (χ0) is 27.8. The molecule has 0 aliphatic heterocycles. The lowest BCUT2D eigenvalue weighted by Gasteiger charge is -2.12. The van der Waals surface area contributed by atoms with E-state index in [9.17, 15) is 14.7 Å². The fraction of sp³-hybridized carbons (Fsp3) is 0.138. The Kier molecular flexibility index (Phi) is 8.47. The number of allylic oxidation sites excluding steroid dienone is 1. The molecule has 1 aliphatic rings. The molecule has 198 valence electrons. The molecule has 0 spiro atoms. The van der Waals surface area contributed by atoms with Gasteiger partial charge in [-0.2, -0.15) is 0 Å². The van der Waals surface area contributed by atoms with Crippen LogP contribution in [0.4, 0.5) is 11.5 Å². The summed E-state index contributed by atoms with van der Waals surface area (Å²) in [6.07, 6.45) is 8.85. The molecule has 4 rings (SSSR count). The van der Waals surface area contributed by atoms with Gasteiger partial charge in [-0.25, -0.2) is 4.98 Å². The zero-order valence-corrected chi connectivity index (χ0v) is 21.0. The number of phenolic OH excluding ortho intramolecular Hbond substituents is 1. The lowest BCUT2D eigenvalue weighted by atomic mass is 10.0. The highest BCUT2D eigenvalue weighted by Gasteiger charge is 2.21. The minimum absolute atomic E-state index is 0.00314. The van der Waals surface area contributed by atoms with Crippen LogP contribution in [0.25, 0.3) is 10.8 Å². The predicted molar refractivity (Wildman–Crippen MR) is 147 cm³/mol. The maximum Gasteiger partial charge on any atom is 0.259 e. The molecule has 1 aromatic heterocycles. The largest absolute Gasteiger partial charge is 0.505 e. The number of benzene rings is 2. The van der Waals surface area contributed by atoms with Crippen molar-refractivity contribution in [2.75, 3.05) is 13.2 Å². The molecule has 2 amide bonds. The average Bonchev–Trinajstić information content (AvgIpc) is 3.38. The summed E-state index contributed by atoms with van der Waals surface area (Å²) in [6, 6.07) is 11.7. The number of nitrogens with zero attached hydrogens (tertiary/aromatic N) is 3. The van der Waals surface area contributed by atoms with Gasteiger partial charge in [0.25, 0.3) is 11.8 Å². The number of azo groups is 1. The first-order chi connectivity index (χ1) is 18.9. The summed E-state index contributed by atoms with van der Waals surface area (Å²) in [5.74, 6) is -1.10. The van der Waals surface area contributed by atoms with Crippen molar-refractivity contribution in [3.63, 3.8) is 0 Å². The molecular weight excluding hydrogens is 498 g/mol. The van der Waals surface area contributed by atoms with Crippen LogP contribution in [-0.2, 0) is 9.47 Å². The van der Waals surface area contributed by atoms with Crippen LogP contribution in [0.3, 0.4) is 0 Å². The lowest BCUT2D eigenvalue weighted by molar-refractivity contribution is 0.0962. The molecule has 10 nitrogen and oxygen atoms in total. The number of nitrogens with one attached hydrogen (secondary N) is 1. The quantitative estimate of drug-likeness (QED) is 0.165. The van der Waals surface area contributed by atoms with Gasteiger partial charge in [0.05, 0.1) is 36.4 Å². The molecule has 10 heteroatoms. The van der Waals surface area contributed by atoms with Crippen molar-refractivity contribution >= 4 is 34.1 Å². The minimum Gasteiger partial charge on any atom is -0.505 e. The molecule has 1 unspecified atom stereocenters. The number of aromatic hydroxyl groups is 1. The Bertz CT molecular complexity index is 1530. The van der Waals surface area contributed by atoms with Crippen LogP contribution >= 0.6 is 0 Å². The van der Waals surface area contributed by atoms with Crippen molar-refractivity contribution in [3.05, 3.63) is 109 Å². The lowest BCUT2D eigenvalue weighted by Crippen LogP contribution is -2.21. The number of hydrogen-bond donors (Lipinski definition) is 3. The fourth-order valence-corrected chi connectivity index (χ4v) is 3.85. The second-order valence-electron chi connectivity index (χ2n) is 8.52. The van der Waals surface area contributed by atoms with E-state index in [2.05, 4.69) is 33.7 Å². The Labute approximate surface area is 224 Å². The molecule has 1 heterocycles. The van der Waals surface area contributed by atoms with Crippen LogP contribution in [0.2, 0.25) is 0 Å². The number of amides is 2. The maximum atomic E-state index is 13.2. The molecule has 1 atom stereocenters. The third kappa shape index (κ3) is 6.55. The van der Waals surface area contributed by atoms with E-state index >= 15 is 0 Å². The molecule has 1 aliphatic carbocycles. The highest BCUT2D eigenvalue weighted by molar-refractivity contribution is 6.07. The van der Waals surface area contributed by atoms with Gasteiger partial charge in [-0.1, -0.05) is 49.6 Å². The van der Waals surface area contributed by atoms with Crippen LogP contribution in [-0.4, -0.2) is 35.1 Å². The third-order valence-corrected chi connectivity index (χ3v) is 5.81. The fourth-order valence-electron chi connectivity index (χ4n) is 3.85. The minimum atomic E-state index is -0.716. The number of fused-ring (bicyclic) bond motifs is 1. The van der Waals surface area contributed by atoms with Gasteiger partial charge in [0, 0.05) is 29.6 Å². The number of primary amides is 1. The molecule has 0 fully saturated rings. The molecule has 3 aromatic rings. The van der Waals surface area contributed by atoms with Crippen LogP contribution in [0, 0.1) is 5.92 Å². The summed E-state index contributed by atoms with van der Waals surface area (Å²) in [7, 11) is 0. The van der Waals surface area contributed by atoms with Crippen molar-refractivity contribution in [1.29, 1.82) is 0 Å². The van der Waals surface area contributed by atoms with Crippen LogP contribution < -0.4 is 11.1 Å². The topological polar surface area (TPSA) is 148 Å². The predicted octanol–water partition coefficient (Wildman–Crippen LogP) is 5.33. The molecule has 0 saturated carbocycles. The van der Waals surface area contributed by atoms with E-state index in [-0.39, 0.29) is 34.3 Å². The van der Waals surface area contributed by atoms with Crippen LogP contribution in [0.15, 0.2) is 108 Å². The summed E-state index contributed by atoms with van der Waals surface area (Å²) in [5, 5.41) is 23.3. The Morgan fingerprint density at radius 1 is 1.18 bits per heavy atom. The molecule has 2 aromatic carbocycles. The Hall–Kier alpha value is -5.25. The summed E-state index contributed by atoms with van der Waals surface area (Å²) in [5.41, 5.74) is 6.09. The van der Waals surface area contributed by atoms with Gasteiger partial charge >= 0.3 is 0 Å². The number of carbonyl (C=O) groups excluding carboxylic acids is 2. The molecule has 4 N–H and O–H groups in total. The standard InChI is InChI=1S/C29H27N5O5/c1-3-38-14-12-18(2)39-17-19-10-11-21(15-19)32-29(37)24-16-20-7-4-5-8-22(20)25(26(24)35)33-34-28-23(27(30)36)9-6-13-31-28/h3-11,13,15-16,19,35H,1-2,12,14,17H2,(H2,30,36)(H,32,37). The second kappa shape index (κ2) is 12.3. The van der Waals surface area contributed by atoms with Gasteiger partial charge in [0.15, 0.2) is 11.6 Å². The number of phenols is 1. The van der Waals surface area contributed by atoms with Crippen molar-refractivity contribution in [2.24, 2.45) is 21.9 Å². The van der Waals surface area contributed by atoms with Gasteiger partial charge in [-0.15, -0.1) is 10.2 Å². The third-order valence-electron chi connectivity index (χ3n) is 5.81. The van der Waals surface area contributed by atoms with Crippen LogP contribution in [0.5, 0.6) is 5.75 Å². The maximum absolute atomic E-state index is 13.2. The summed E-state index contributed by atoms with van der Waals surface area (Å²) in [4.78, 5) is 29.0. The monoisotopic (exact) mass is 525 g/mol. The van der Waals surface area contributed by atoms with Gasteiger partial charge in [-0.05, 0) is 29.7 Å². The normalized spacial score (nSPS) is 14.3. The Balaban J connectivity index is 1.54. The van der Waals surface area contributed by atoms with Gasteiger partial charge < -0.3 is 25.6 Å². The molecule has 0 bridgehead atoms. The number of pyridine rings is 1. The van der Waals surface area contributed by atoms with Gasteiger partial charge in [0.1, 0.15) is 5.69 Å². The first-order valence-electron chi connectivity index (χ1n) is 12.0. The molecular formula is C29H27N5O5. The number of ether oxygens (including phenoxy) is 2. The van der Waals surface area contributed by atoms with Crippen LogP contribution in [0.1, 0.15) is 27.1 Å². The summed E-state index contributed by atoms with van der Waals surface area (Å²) >= 11 is 0. The number of nitrogens with two attached hydrogens (primary N) is 1. The van der Waals surface area contributed by atoms with Crippen molar-refractivity contribution in [3.8, 4) is 5.75 Å². The van der Waals surface area contributed by atoms with E-state index in [0.29, 0.717) is 41.9 Å². The van der Waals surface area contributed by atoms with Crippen molar-refractivity contribution < 1.29 is 24.2 Å². The molecule has 0 radical (unpaired) electrons. The molecule has 0 saturated heterocycles. The number of carbonyl (C=O) groups is 2. The molecule has 39 heavy (non-hydrogen) atoms. The first kappa shape index (κ1) is 26.8. The highest BCUT2D eigenvalue weighted by Crippen LogP contribution is 2.39. The van der Waals surface area contributed by atoms with E-state index in [0.717, 1.165) is 0 Å². The highest BCUT2D eigenvalue weighted by atomic mass is 16.5. The van der Waals surface area contributed by atoms with Crippen molar-refractivity contribution in [2.45, 2.75) is 6.42 Å². The summed E-state index contributed by atoms with van der Waals surface area (Å²) in [6.45, 7) is 8.14. The average molecular weight is 526 g/mol. The first-order valence-corrected chi connectivity index (χ1v) is 12.0. The smallest absolute Gasteiger partial charge is 0.259 e. The van der Waals surface area contributed by atoms with E-state index in [4.69, 9.17) is 15.2 Å². The van der Waals surface area contributed by atoms with Crippen molar-refractivity contribution in [1.82, 2.24) is 10.3 Å². The summed E-state index contributed by atoms with van der Waals surface area (Å²) < 4.78 is 10.7. The van der Waals surface area contributed by atoms with Gasteiger partial charge in [-0.3, -0.25) is 9.59 Å². The number of rotatable bonds is 12. The second-order valence-corrected chi connectivity index (χ2v) is 8.52. The number of aromatic nitrogens is 1.